The predicted octanol–water partition coefficient (Wildman–Crippen LogP) is -0.0329. The van der Waals surface area contributed by atoms with Crippen LogP contribution in [0.2, 0.25) is 0 Å². The molecule has 4 aliphatic rings. The number of nitrogens with zero attached hydrogens (tertiary/aromatic N) is 8. The van der Waals surface area contributed by atoms with Crippen molar-refractivity contribution in [3.8, 4) is 0 Å². The highest BCUT2D eigenvalue weighted by atomic mass is 32.2. The summed E-state index contributed by atoms with van der Waals surface area (Å²) in [4.78, 5) is 54.4. The number of aliphatic imine (C=N–C) groups is 1. The van der Waals surface area contributed by atoms with E-state index in [-0.39, 0.29) is 28.9 Å². The van der Waals surface area contributed by atoms with E-state index in [9.17, 15) is 19.5 Å². The first-order chi connectivity index (χ1) is 20.2. The molecule has 222 valence electrons. The van der Waals surface area contributed by atoms with E-state index in [1.165, 1.54) is 23.8 Å². The molecule has 4 aliphatic heterocycles. The van der Waals surface area contributed by atoms with E-state index in [2.05, 4.69) is 29.9 Å². The number of aromatic nitrogens is 2. The number of β-lactam (4-membered cyclic amide) rings is 1. The van der Waals surface area contributed by atoms with Gasteiger partial charge in [0.15, 0.2) is 5.13 Å². The molecule has 1 saturated heterocycles. The van der Waals surface area contributed by atoms with Gasteiger partial charge in [0, 0.05) is 48.4 Å². The summed E-state index contributed by atoms with van der Waals surface area (Å²) in [6, 6.07) is -0.968. The molecule has 19 heteroatoms. The van der Waals surface area contributed by atoms with Crippen LogP contribution in [0.3, 0.4) is 0 Å². The van der Waals surface area contributed by atoms with E-state index in [1.54, 1.807) is 29.9 Å². The van der Waals surface area contributed by atoms with E-state index >= 15 is 0 Å². The first kappa shape index (κ1) is 29.4. The van der Waals surface area contributed by atoms with Gasteiger partial charge in [0.05, 0.1) is 17.4 Å². The number of anilines is 1. The highest BCUT2D eigenvalue weighted by Gasteiger charge is 2.54. The minimum atomic E-state index is -1.22. The van der Waals surface area contributed by atoms with Gasteiger partial charge in [0.2, 0.25) is 11.5 Å². The van der Waals surface area contributed by atoms with Gasteiger partial charge in [-0.2, -0.15) is 14.5 Å². The lowest BCUT2D eigenvalue weighted by Gasteiger charge is -2.49. The Bertz CT molecular complexity index is 1480. The third-order valence-electron chi connectivity index (χ3n) is 6.27. The molecule has 0 bridgehead atoms. The molecule has 5 rings (SSSR count). The summed E-state index contributed by atoms with van der Waals surface area (Å²) in [6.45, 7) is 2.61. The van der Waals surface area contributed by atoms with Crippen molar-refractivity contribution in [3.63, 3.8) is 0 Å². The van der Waals surface area contributed by atoms with Gasteiger partial charge >= 0.3 is 5.97 Å². The summed E-state index contributed by atoms with van der Waals surface area (Å²) < 4.78 is 3.97. The number of hydrogen-bond acceptors (Lipinski definition) is 15. The summed E-state index contributed by atoms with van der Waals surface area (Å²) in [5.74, 6) is -0.101. The van der Waals surface area contributed by atoms with Crippen LogP contribution in [-0.2, 0) is 19.2 Å². The minimum absolute atomic E-state index is 0.0409. The molecule has 0 spiro atoms. The Morgan fingerprint density at radius 1 is 1.36 bits per heavy atom. The van der Waals surface area contributed by atoms with E-state index in [4.69, 9.17) is 16.3 Å². The molecular weight excluding hydrogens is 607 g/mol. The van der Waals surface area contributed by atoms with Crippen molar-refractivity contribution in [1.29, 1.82) is 0 Å². The number of fused-ring (bicyclic) bond motifs is 2. The Labute approximate surface area is 252 Å². The number of aliphatic carboxylic acids is 1. The minimum Gasteiger partial charge on any atom is -0.477 e. The van der Waals surface area contributed by atoms with Crippen LogP contribution in [0.25, 0.3) is 0 Å². The second-order valence-electron chi connectivity index (χ2n) is 9.10. The molecule has 5 heterocycles. The fourth-order valence-corrected chi connectivity index (χ4v) is 7.03. The highest BCUT2D eigenvalue weighted by Crippen LogP contribution is 2.41. The number of nitrogens with two attached hydrogens (primary N) is 2. The average molecular weight is 634 g/mol. The number of amides is 2. The number of nitrogens with one attached hydrogen (secondary N) is 1. The fraction of sp³-hybridized carbons (Fsp3) is 0.391. The smallest absolute Gasteiger partial charge is 0.352 e. The number of carbonyl (C=O) groups is 3. The fourth-order valence-electron chi connectivity index (χ4n) is 4.50. The number of hydrogen-bond donors (Lipinski definition) is 4. The summed E-state index contributed by atoms with van der Waals surface area (Å²) in [5, 5.41) is 23.2. The SMILES string of the molecule is CON=C(C(=O)N[C@H]1C(=O)N2C(C(=O)O)=C(CN3C=CN4N=C(SCCN=C(C)N)CC=C34)CS[C@@H]12)c1nsc(N)n1. The maximum absolute atomic E-state index is 13.2. The molecule has 1 aromatic heterocycles. The Hall–Kier alpha value is -4.10. The monoisotopic (exact) mass is 633 g/mol. The molecule has 0 aromatic carbocycles. The van der Waals surface area contributed by atoms with Gasteiger partial charge in [-0.1, -0.05) is 5.16 Å². The number of nitrogen functional groups attached to an aromatic ring is 1. The molecule has 2 amide bonds. The van der Waals surface area contributed by atoms with Crippen LogP contribution in [0.5, 0.6) is 0 Å². The zero-order chi connectivity index (χ0) is 30.0. The van der Waals surface area contributed by atoms with Gasteiger partial charge in [-0.3, -0.25) is 19.5 Å². The molecule has 6 N–H and O–H groups in total. The van der Waals surface area contributed by atoms with Gasteiger partial charge in [0.25, 0.3) is 11.8 Å². The molecule has 0 aliphatic carbocycles. The van der Waals surface area contributed by atoms with Crippen LogP contribution >= 0.6 is 35.1 Å². The first-order valence-electron chi connectivity index (χ1n) is 12.5. The van der Waals surface area contributed by atoms with E-state index in [0.717, 1.165) is 28.2 Å². The molecule has 0 saturated carbocycles. The third kappa shape index (κ3) is 5.93. The maximum Gasteiger partial charge on any atom is 0.352 e. The molecule has 2 atom stereocenters. The standard InChI is InChI=1S/C23H27N11O5S3/c1-11(24)26-5-8-40-13-3-4-14-32(6-7-33(14)29-13)9-12-10-41-21-16(20(36)34(21)17(12)22(37)38)27-19(35)15(30-39-2)18-28-23(25)42-31-18/h4,6-7,16,21H,3,5,8-10H2,1-2H3,(H2,24,26)(H,27,35)(H,37,38)(H2,25,28,31)/t16-,21-/m0/s1. The number of amidine groups is 1. The van der Waals surface area contributed by atoms with Crippen LogP contribution in [0.15, 0.2) is 50.8 Å². The normalized spacial score (nSPS) is 22.0. The van der Waals surface area contributed by atoms with Crippen molar-refractivity contribution in [2.24, 2.45) is 21.0 Å². The van der Waals surface area contributed by atoms with Crippen molar-refractivity contribution < 1.29 is 24.3 Å². The van der Waals surface area contributed by atoms with Crippen molar-refractivity contribution >= 4 is 74.6 Å². The number of hydrazone groups is 1. The highest BCUT2D eigenvalue weighted by molar-refractivity contribution is 8.13. The van der Waals surface area contributed by atoms with Gasteiger partial charge in [-0.15, -0.1) is 23.5 Å². The average Bonchev–Trinajstić information content (AvgIpc) is 3.57. The number of oxime groups is 1. The molecule has 1 aromatic rings. The molecule has 1 fully saturated rings. The lowest BCUT2D eigenvalue weighted by Crippen LogP contribution is -2.71. The third-order valence-corrected chi connectivity index (χ3v) is 9.12. The second-order valence-corrected chi connectivity index (χ2v) is 12.2. The summed E-state index contributed by atoms with van der Waals surface area (Å²) >= 11 is 3.85. The Morgan fingerprint density at radius 3 is 2.86 bits per heavy atom. The van der Waals surface area contributed by atoms with E-state index in [1.807, 2.05) is 17.2 Å². The van der Waals surface area contributed by atoms with Crippen molar-refractivity contribution in [1.82, 2.24) is 29.5 Å². The largest absolute Gasteiger partial charge is 0.477 e. The van der Waals surface area contributed by atoms with Crippen LogP contribution in [0.1, 0.15) is 19.2 Å². The van der Waals surface area contributed by atoms with Gasteiger partial charge in [0.1, 0.15) is 30.0 Å². The number of allylic oxidation sites excluding steroid dienone is 1. The first-order valence-corrected chi connectivity index (χ1v) is 15.3. The summed E-state index contributed by atoms with van der Waals surface area (Å²) in [7, 11) is 1.26. The number of rotatable bonds is 10. The molecular formula is C23H27N11O5S3. The van der Waals surface area contributed by atoms with Gasteiger partial charge in [-0.05, 0) is 18.6 Å². The topological polar surface area (TPSA) is 217 Å². The second kappa shape index (κ2) is 12.4. The van der Waals surface area contributed by atoms with Gasteiger partial charge < -0.3 is 31.6 Å². The number of thioether (sulfide) groups is 2. The summed E-state index contributed by atoms with van der Waals surface area (Å²) in [5.41, 5.74) is 11.4. The summed E-state index contributed by atoms with van der Waals surface area (Å²) in [6.07, 6.45) is 6.28. The van der Waals surface area contributed by atoms with Crippen molar-refractivity contribution in [2.75, 3.05) is 37.4 Å². The molecule has 16 nitrogen and oxygen atoms in total. The quantitative estimate of drug-likeness (QED) is 0.0876. The number of carbonyl (C=O) groups excluding carboxylic acids is 2. The van der Waals surface area contributed by atoms with E-state index in [0.29, 0.717) is 30.1 Å². The Balaban J connectivity index is 1.24. The molecule has 0 unspecified atom stereocenters. The van der Waals surface area contributed by atoms with Crippen LogP contribution in [0.4, 0.5) is 5.13 Å². The molecule has 42 heavy (non-hydrogen) atoms. The zero-order valence-corrected chi connectivity index (χ0v) is 24.9. The molecule has 0 radical (unpaired) electrons. The lowest BCUT2D eigenvalue weighted by molar-refractivity contribution is -0.150. The number of carboxylic acids is 1. The Morgan fingerprint density at radius 2 is 2.17 bits per heavy atom. The van der Waals surface area contributed by atoms with Crippen LogP contribution in [0, 0.1) is 0 Å². The van der Waals surface area contributed by atoms with Crippen LogP contribution in [-0.4, -0.2) is 107 Å². The maximum atomic E-state index is 13.2. The number of carboxylic acid groups (broad SMARTS) is 1. The van der Waals surface area contributed by atoms with Gasteiger partial charge in [-0.25, -0.2) is 9.80 Å². The van der Waals surface area contributed by atoms with Crippen molar-refractivity contribution in [3.05, 3.63) is 41.4 Å². The lowest BCUT2D eigenvalue weighted by atomic mass is 10.0. The van der Waals surface area contributed by atoms with Crippen LogP contribution < -0.4 is 16.8 Å². The zero-order valence-electron chi connectivity index (χ0n) is 22.5. The Kier molecular flexibility index (Phi) is 8.69. The predicted molar refractivity (Wildman–Crippen MR) is 160 cm³/mol. The van der Waals surface area contributed by atoms with E-state index < -0.39 is 29.2 Å². The van der Waals surface area contributed by atoms with Crippen molar-refractivity contribution in [2.45, 2.75) is 24.8 Å².